The van der Waals surface area contributed by atoms with Gasteiger partial charge in [-0.1, -0.05) is 13.0 Å². The lowest BCUT2D eigenvalue weighted by atomic mass is 10.2. The van der Waals surface area contributed by atoms with Crippen molar-refractivity contribution in [2.24, 2.45) is 0 Å². The van der Waals surface area contributed by atoms with Crippen LogP contribution in [-0.2, 0) is 10.0 Å². The molecule has 0 aliphatic rings. The normalized spacial score (nSPS) is 13.3. The number of nitrogens with zero attached hydrogens (tertiary/aromatic N) is 2. The highest BCUT2D eigenvalue weighted by Gasteiger charge is 2.18. The van der Waals surface area contributed by atoms with Crippen LogP contribution in [0.25, 0.3) is 0 Å². The first-order valence-corrected chi connectivity index (χ1v) is 8.95. The Morgan fingerprint density at radius 3 is 2.57 bits per heavy atom. The molecule has 114 valence electrons. The van der Waals surface area contributed by atoms with Gasteiger partial charge in [-0.15, -0.1) is 11.3 Å². The van der Waals surface area contributed by atoms with E-state index in [0.29, 0.717) is 5.82 Å². The van der Waals surface area contributed by atoms with E-state index in [0.717, 1.165) is 6.42 Å². The first kappa shape index (κ1) is 15.9. The molecule has 5 nitrogen and oxygen atoms in total. The molecule has 0 aromatic carbocycles. The maximum atomic E-state index is 12.0. The minimum atomic E-state index is -3.43. The van der Waals surface area contributed by atoms with Crippen molar-refractivity contribution in [2.45, 2.75) is 24.3 Å². The quantitative estimate of drug-likeness (QED) is 0.887. The summed E-state index contributed by atoms with van der Waals surface area (Å²) in [4.78, 5) is 5.65. The Morgan fingerprint density at radius 2 is 2.10 bits per heavy atom. The van der Waals surface area contributed by atoms with Crippen LogP contribution >= 0.6 is 11.3 Å². The second kappa shape index (κ2) is 6.55. The van der Waals surface area contributed by atoms with E-state index in [1.54, 1.807) is 23.5 Å². The zero-order chi connectivity index (χ0) is 15.5. The fraction of sp³-hybridized carbons (Fsp3) is 0.357. The van der Waals surface area contributed by atoms with E-state index in [1.807, 2.05) is 11.4 Å². The van der Waals surface area contributed by atoms with Gasteiger partial charge in [-0.2, -0.15) is 0 Å². The summed E-state index contributed by atoms with van der Waals surface area (Å²) in [7, 11) is -0.415. The average Bonchev–Trinajstić information content (AvgIpc) is 2.99. The largest absolute Gasteiger partial charge is 0.362 e. The molecule has 1 unspecified atom stereocenters. The molecule has 1 N–H and O–H groups in total. The first-order chi connectivity index (χ1) is 9.95. The molecular weight excluding hydrogens is 306 g/mol. The van der Waals surface area contributed by atoms with Gasteiger partial charge in [-0.25, -0.2) is 17.7 Å². The average molecular weight is 325 g/mol. The van der Waals surface area contributed by atoms with Crippen LogP contribution in [0.2, 0.25) is 0 Å². The van der Waals surface area contributed by atoms with E-state index in [1.165, 1.54) is 29.5 Å². The predicted octanol–water partition coefficient (Wildman–Crippen LogP) is 2.96. The summed E-state index contributed by atoms with van der Waals surface area (Å²) < 4.78 is 25.1. The molecule has 0 spiro atoms. The van der Waals surface area contributed by atoms with Crippen molar-refractivity contribution in [2.75, 3.05) is 19.4 Å². The molecular formula is C14H19N3O2S2. The highest BCUT2D eigenvalue weighted by molar-refractivity contribution is 7.89. The number of pyridine rings is 1. The lowest BCUT2D eigenvalue weighted by molar-refractivity contribution is 0.520. The molecule has 21 heavy (non-hydrogen) atoms. The molecule has 0 fully saturated rings. The van der Waals surface area contributed by atoms with Gasteiger partial charge in [0.05, 0.1) is 6.04 Å². The summed E-state index contributed by atoms with van der Waals surface area (Å²) in [5.41, 5.74) is 0. The van der Waals surface area contributed by atoms with Gasteiger partial charge >= 0.3 is 0 Å². The molecule has 0 radical (unpaired) electrons. The molecule has 2 aromatic heterocycles. The van der Waals surface area contributed by atoms with E-state index in [9.17, 15) is 8.42 Å². The summed E-state index contributed by atoms with van der Waals surface area (Å²) in [5, 5.41) is 5.37. The molecule has 2 heterocycles. The number of hydrogen-bond donors (Lipinski definition) is 1. The van der Waals surface area contributed by atoms with Crippen LogP contribution in [0.4, 0.5) is 5.82 Å². The van der Waals surface area contributed by atoms with Crippen molar-refractivity contribution in [3.05, 3.63) is 40.7 Å². The Kier molecular flexibility index (Phi) is 4.97. The van der Waals surface area contributed by atoms with Crippen molar-refractivity contribution in [1.82, 2.24) is 9.29 Å². The minimum absolute atomic E-state index is 0.189. The molecule has 0 bridgehead atoms. The molecule has 0 saturated carbocycles. The van der Waals surface area contributed by atoms with Crippen molar-refractivity contribution in [1.29, 1.82) is 0 Å². The van der Waals surface area contributed by atoms with Crippen LogP contribution in [0, 0.1) is 0 Å². The summed E-state index contributed by atoms with van der Waals surface area (Å²) in [6.45, 7) is 2.10. The number of hydrogen-bond acceptors (Lipinski definition) is 5. The topological polar surface area (TPSA) is 62.3 Å². The van der Waals surface area contributed by atoms with Gasteiger partial charge in [-0.3, -0.25) is 0 Å². The van der Waals surface area contributed by atoms with E-state index >= 15 is 0 Å². The summed E-state index contributed by atoms with van der Waals surface area (Å²) >= 11 is 1.69. The molecule has 2 aromatic rings. The van der Waals surface area contributed by atoms with Crippen LogP contribution in [0.1, 0.15) is 24.3 Å². The molecule has 1 atom stereocenters. The predicted molar refractivity (Wildman–Crippen MR) is 86.1 cm³/mol. The van der Waals surface area contributed by atoms with Gasteiger partial charge < -0.3 is 5.32 Å². The second-order valence-corrected chi connectivity index (χ2v) is 7.92. The third-order valence-corrected chi connectivity index (χ3v) is 5.92. The van der Waals surface area contributed by atoms with Gasteiger partial charge in [0.2, 0.25) is 10.0 Å². The van der Waals surface area contributed by atoms with Crippen LogP contribution < -0.4 is 5.32 Å². The zero-order valence-corrected chi connectivity index (χ0v) is 13.9. The standard InChI is InChI=1S/C14H19N3O2S2/c1-4-12(13-6-5-9-20-13)16-14-8-7-11(10-15-14)21(18,19)17(2)3/h5-10,12H,4H2,1-3H3,(H,15,16). The Labute approximate surface area is 129 Å². The number of aromatic nitrogens is 1. The zero-order valence-electron chi connectivity index (χ0n) is 12.3. The lowest BCUT2D eigenvalue weighted by Crippen LogP contribution is -2.22. The van der Waals surface area contributed by atoms with Gasteiger partial charge in [0.15, 0.2) is 0 Å². The lowest BCUT2D eigenvalue weighted by Gasteiger charge is -2.16. The maximum Gasteiger partial charge on any atom is 0.244 e. The van der Waals surface area contributed by atoms with Gasteiger partial charge in [0, 0.05) is 25.2 Å². The second-order valence-electron chi connectivity index (χ2n) is 4.79. The Bertz CT molecular complexity index is 665. The Morgan fingerprint density at radius 1 is 1.33 bits per heavy atom. The number of rotatable bonds is 6. The van der Waals surface area contributed by atoms with Gasteiger partial charge in [0.25, 0.3) is 0 Å². The highest BCUT2D eigenvalue weighted by atomic mass is 32.2. The fourth-order valence-corrected chi connectivity index (χ4v) is 3.58. The smallest absolute Gasteiger partial charge is 0.244 e. The van der Waals surface area contributed by atoms with E-state index < -0.39 is 10.0 Å². The Balaban J connectivity index is 2.16. The summed E-state index contributed by atoms with van der Waals surface area (Å²) in [6, 6.07) is 7.56. The molecule has 2 rings (SSSR count). The van der Waals surface area contributed by atoms with Gasteiger partial charge in [-0.05, 0) is 30.0 Å². The maximum absolute atomic E-state index is 12.0. The molecule has 7 heteroatoms. The third-order valence-electron chi connectivity index (χ3n) is 3.13. The monoisotopic (exact) mass is 325 g/mol. The van der Waals surface area contributed by atoms with Crippen LogP contribution in [0.5, 0.6) is 0 Å². The molecule has 0 amide bonds. The first-order valence-electron chi connectivity index (χ1n) is 6.63. The SMILES string of the molecule is CCC(Nc1ccc(S(=O)(=O)N(C)C)cn1)c1cccs1. The van der Waals surface area contributed by atoms with Crippen LogP contribution in [0.15, 0.2) is 40.7 Å². The van der Waals surface area contributed by atoms with E-state index in [-0.39, 0.29) is 10.9 Å². The van der Waals surface area contributed by atoms with E-state index in [2.05, 4.69) is 23.3 Å². The van der Waals surface area contributed by atoms with Crippen molar-refractivity contribution in [3.8, 4) is 0 Å². The third kappa shape index (κ3) is 3.61. The Hall–Kier alpha value is -1.44. The summed E-state index contributed by atoms with van der Waals surface area (Å²) in [5.74, 6) is 0.674. The number of thiophene rings is 1. The molecule has 0 saturated heterocycles. The number of sulfonamides is 1. The summed E-state index contributed by atoms with van der Waals surface area (Å²) in [6.07, 6.45) is 2.32. The van der Waals surface area contributed by atoms with Crippen molar-refractivity contribution < 1.29 is 8.42 Å². The molecule has 0 aliphatic carbocycles. The number of anilines is 1. The minimum Gasteiger partial charge on any atom is -0.362 e. The highest BCUT2D eigenvalue weighted by Crippen LogP contribution is 2.25. The van der Waals surface area contributed by atoms with E-state index in [4.69, 9.17) is 0 Å². The fourth-order valence-electron chi connectivity index (χ4n) is 1.87. The van der Waals surface area contributed by atoms with Crippen LogP contribution in [-0.4, -0.2) is 31.8 Å². The van der Waals surface area contributed by atoms with Crippen molar-refractivity contribution >= 4 is 27.2 Å². The van der Waals surface area contributed by atoms with Crippen molar-refractivity contribution in [3.63, 3.8) is 0 Å². The molecule has 0 aliphatic heterocycles. The number of nitrogens with one attached hydrogen (secondary N) is 1. The van der Waals surface area contributed by atoms with Crippen LogP contribution in [0.3, 0.4) is 0 Å². The van der Waals surface area contributed by atoms with Gasteiger partial charge in [0.1, 0.15) is 10.7 Å².